The fourth-order valence-corrected chi connectivity index (χ4v) is 3.61. The van der Waals surface area contributed by atoms with Crippen LogP contribution in [0.3, 0.4) is 0 Å². The van der Waals surface area contributed by atoms with Crippen LogP contribution < -0.4 is 9.47 Å². The molecule has 0 amide bonds. The molecule has 2 aliphatic heterocycles. The summed E-state index contributed by atoms with van der Waals surface area (Å²) in [5, 5.41) is 4.85. The second-order valence-electron chi connectivity index (χ2n) is 6.44. The monoisotopic (exact) mass is 322 g/mol. The Morgan fingerprint density at radius 2 is 2.04 bits per heavy atom. The Morgan fingerprint density at radius 1 is 1.12 bits per heavy atom. The Hall–Kier alpha value is -2.53. The van der Waals surface area contributed by atoms with Crippen molar-refractivity contribution >= 4 is 10.9 Å². The molecule has 2 aromatic carbocycles. The molecule has 122 valence electrons. The van der Waals surface area contributed by atoms with E-state index in [2.05, 4.69) is 34.3 Å². The van der Waals surface area contributed by atoms with E-state index in [1.807, 2.05) is 12.1 Å². The molecule has 0 N–H and O–H groups in total. The van der Waals surface area contributed by atoms with Crippen LogP contribution in [0.4, 0.5) is 0 Å². The third kappa shape index (κ3) is 2.32. The molecule has 0 aliphatic carbocycles. The number of hydrogen-bond acceptors (Lipinski definition) is 5. The first kappa shape index (κ1) is 13.9. The summed E-state index contributed by atoms with van der Waals surface area (Å²) in [6.07, 6.45) is 2.73. The van der Waals surface area contributed by atoms with Gasteiger partial charge in [0.15, 0.2) is 11.5 Å². The maximum atomic E-state index is 6.23. The molecule has 0 saturated heterocycles. The average Bonchev–Trinajstić information content (AvgIpc) is 3.11. The van der Waals surface area contributed by atoms with Crippen molar-refractivity contribution in [1.82, 2.24) is 10.1 Å². The van der Waals surface area contributed by atoms with E-state index in [4.69, 9.17) is 14.0 Å². The minimum atomic E-state index is 0.0169. The van der Waals surface area contributed by atoms with Gasteiger partial charge < -0.3 is 14.0 Å². The zero-order chi connectivity index (χ0) is 15.9. The lowest BCUT2D eigenvalue weighted by Crippen LogP contribution is -2.42. The van der Waals surface area contributed by atoms with Crippen molar-refractivity contribution in [3.8, 4) is 11.5 Å². The first-order valence-electron chi connectivity index (χ1n) is 8.32. The maximum Gasteiger partial charge on any atom is 0.174 e. The Labute approximate surface area is 139 Å². The van der Waals surface area contributed by atoms with E-state index in [1.54, 1.807) is 6.26 Å². The molecule has 0 saturated carbocycles. The van der Waals surface area contributed by atoms with Gasteiger partial charge in [0, 0.05) is 19.6 Å². The topological polar surface area (TPSA) is 47.7 Å². The molecule has 1 unspecified atom stereocenters. The molecule has 0 bridgehead atoms. The second kappa shape index (κ2) is 5.53. The minimum absolute atomic E-state index is 0.0169. The van der Waals surface area contributed by atoms with Gasteiger partial charge in [-0.2, -0.15) is 0 Å². The smallest absolute Gasteiger partial charge is 0.174 e. The van der Waals surface area contributed by atoms with Crippen molar-refractivity contribution in [2.75, 3.05) is 19.7 Å². The Bertz CT molecular complexity index is 889. The number of hydrogen-bond donors (Lipinski definition) is 0. The van der Waals surface area contributed by atoms with Crippen molar-refractivity contribution in [2.24, 2.45) is 0 Å². The van der Waals surface area contributed by atoms with Crippen molar-refractivity contribution in [2.45, 2.75) is 19.1 Å². The summed E-state index contributed by atoms with van der Waals surface area (Å²) in [5.41, 5.74) is 3.68. The van der Waals surface area contributed by atoms with E-state index in [1.165, 1.54) is 11.1 Å². The standard InChI is InChI=1S/C19H18N2O3/c1-2-4-14-9-21(8-7-13(14)3-1)10-15-11-22-18-6-5-17-16(12-23-20-17)19(18)24-15/h1-6,12,15H,7-11H2. The fraction of sp³-hybridized carbons (Fsp3) is 0.316. The predicted octanol–water partition coefficient (Wildman–Crippen LogP) is 3.03. The molecule has 24 heavy (non-hydrogen) atoms. The average molecular weight is 322 g/mol. The lowest BCUT2D eigenvalue weighted by molar-refractivity contribution is 0.0565. The van der Waals surface area contributed by atoms with E-state index in [-0.39, 0.29) is 6.10 Å². The highest BCUT2D eigenvalue weighted by Crippen LogP contribution is 2.38. The Morgan fingerprint density at radius 3 is 3.00 bits per heavy atom. The molecule has 0 spiro atoms. The molecule has 1 atom stereocenters. The van der Waals surface area contributed by atoms with Gasteiger partial charge in [-0.15, -0.1) is 0 Å². The second-order valence-corrected chi connectivity index (χ2v) is 6.44. The number of ether oxygens (including phenoxy) is 2. The van der Waals surface area contributed by atoms with E-state index in [0.29, 0.717) is 6.61 Å². The van der Waals surface area contributed by atoms with Gasteiger partial charge in [0.05, 0.1) is 5.39 Å². The normalized spacial score (nSPS) is 20.1. The Kier molecular flexibility index (Phi) is 3.19. The highest BCUT2D eigenvalue weighted by molar-refractivity contribution is 5.87. The summed E-state index contributed by atoms with van der Waals surface area (Å²) in [6, 6.07) is 12.5. The molecule has 3 heterocycles. The van der Waals surface area contributed by atoms with Crippen LogP contribution in [0.15, 0.2) is 47.2 Å². The lowest BCUT2D eigenvalue weighted by Gasteiger charge is -2.34. The largest absolute Gasteiger partial charge is 0.486 e. The number of aromatic nitrogens is 1. The molecule has 5 heteroatoms. The number of fused-ring (bicyclic) bond motifs is 4. The fourth-order valence-electron chi connectivity index (χ4n) is 3.61. The summed E-state index contributed by atoms with van der Waals surface area (Å²) in [4.78, 5) is 2.44. The molecular weight excluding hydrogens is 304 g/mol. The maximum absolute atomic E-state index is 6.23. The first-order valence-corrected chi connectivity index (χ1v) is 8.32. The molecule has 3 aromatic rings. The third-order valence-electron chi connectivity index (χ3n) is 4.84. The predicted molar refractivity (Wildman–Crippen MR) is 89.3 cm³/mol. The van der Waals surface area contributed by atoms with Crippen molar-refractivity contribution in [3.63, 3.8) is 0 Å². The lowest BCUT2D eigenvalue weighted by atomic mass is 10.00. The van der Waals surface area contributed by atoms with Crippen LogP contribution in [-0.4, -0.2) is 35.9 Å². The molecule has 0 radical (unpaired) electrons. The first-order chi connectivity index (χ1) is 11.9. The molecular formula is C19H18N2O3. The third-order valence-corrected chi connectivity index (χ3v) is 4.84. The van der Waals surface area contributed by atoms with Gasteiger partial charge in [-0.3, -0.25) is 4.90 Å². The van der Waals surface area contributed by atoms with Crippen LogP contribution in [0, 0.1) is 0 Å². The van der Waals surface area contributed by atoms with Gasteiger partial charge in [0.25, 0.3) is 0 Å². The van der Waals surface area contributed by atoms with Crippen LogP contribution >= 0.6 is 0 Å². The quantitative estimate of drug-likeness (QED) is 0.726. The molecule has 5 nitrogen and oxygen atoms in total. The van der Waals surface area contributed by atoms with Gasteiger partial charge in [-0.05, 0) is 29.7 Å². The molecule has 0 fully saturated rings. The molecule has 1 aromatic heterocycles. The highest BCUT2D eigenvalue weighted by Gasteiger charge is 2.27. The van der Waals surface area contributed by atoms with E-state index < -0.39 is 0 Å². The number of nitrogens with zero attached hydrogens (tertiary/aromatic N) is 2. The minimum Gasteiger partial charge on any atom is -0.486 e. The summed E-state index contributed by atoms with van der Waals surface area (Å²) >= 11 is 0. The van der Waals surface area contributed by atoms with Crippen LogP contribution in [0.1, 0.15) is 11.1 Å². The summed E-state index contributed by atoms with van der Waals surface area (Å²) in [7, 11) is 0. The van der Waals surface area contributed by atoms with E-state index in [0.717, 1.165) is 48.5 Å². The van der Waals surface area contributed by atoms with Gasteiger partial charge >= 0.3 is 0 Å². The van der Waals surface area contributed by atoms with Crippen LogP contribution in [0.25, 0.3) is 10.9 Å². The highest BCUT2D eigenvalue weighted by atomic mass is 16.6. The van der Waals surface area contributed by atoms with Crippen LogP contribution in [0.5, 0.6) is 11.5 Å². The Balaban J connectivity index is 1.34. The van der Waals surface area contributed by atoms with Gasteiger partial charge in [0.2, 0.25) is 0 Å². The van der Waals surface area contributed by atoms with Crippen molar-refractivity contribution in [1.29, 1.82) is 0 Å². The van der Waals surface area contributed by atoms with Gasteiger partial charge in [0.1, 0.15) is 24.5 Å². The molecule has 5 rings (SSSR count). The summed E-state index contributed by atoms with van der Waals surface area (Å²) < 4.78 is 17.2. The SMILES string of the molecule is c1ccc2c(c1)CCN(CC1COc3ccc4nocc4c3O1)C2. The van der Waals surface area contributed by atoms with Crippen molar-refractivity contribution < 1.29 is 14.0 Å². The van der Waals surface area contributed by atoms with E-state index >= 15 is 0 Å². The summed E-state index contributed by atoms with van der Waals surface area (Å²) in [5.74, 6) is 1.52. The van der Waals surface area contributed by atoms with Crippen LogP contribution in [-0.2, 0) is 13.0 Å². The zero-order valence-corrected chi connectivity index (χ0v) is 13.3. The van der Waals surface area contributed by atoms with Gasteiger partial charge in [-0.1, -0.05) is 29.4 Å². The number of benzene rings is 2. The van der Waals surface area contributed by atoms with Gasteiger partial charge in [-0.25, -0.2) is 0 Å². The van der Waals surface area contributed by atoms with E-state index in [9.17, 15) is 0 Å². The van der Waals surface area contributed by atoms with Crippen molar-refractivity contribution in [3.05, 3.63) is 53.8 Å². The van der Waals surface area contributed by atoms with Crippen LogP contribution in [0.2, 0.25) is 0 Å². The zero-order valence-electron chi connectivity index (χ0n) is 13.3. The molecule has 2 aliphatic rings. The summed E-state index contributed by atoms with van der Waals surface area (Å²) in [6.45, 7) is 3.46. The number of rotatable bonds is 2.